The lowest BCUT2D eigenvalue weighted by Crippen LogP contribution is -2.36. The fourth-order valence-electron chi connectivity index (χ4n) is 5.01. The number of carbonyl (C=O) groups excluding carboxylic acids is 2. The fraction of sp³-hybridized carbons (Fsp3) is 0.583. The largest absolute Gasteiger partial charge is 0.338 e. The van der Waals surface area contributed by atoms with E-state index in [1.807, 2.05) is 18.2 Å². The molecule has 1 aliphatic carbocycles. The fourth-order valence-corrected chi connectivity index (χ4v) is 5.01. The second-order valence-corrected chi connectivity index (χ2v) is 9.07. The first-order chi connectivity index (χ1) is 15.6. The van der Waals surface area contributed by atoms with Crippen LogP contribution in [0.3, 0.4) is 0 Å². The molecule has 2 aliphatic rings. The molecule has 172 valence electrons. The van der Waals surface area contributed by atoms with Crippen LogP contribution in [0.1, 0.15) is 91.3 Å². The van der Waals surface area contributed by atoms with Gasteiger partial charge < -0.3 is 9.42 Å². The van der Waals surface area contributed by atoms with Crippen LogP contribution in [0.25, 0.3) is 0 Å². The van der Waals surface area contributed by atoms with Crippen LogP contribution in [0.15, 0.2) is 28.8 Å². The van der Waals surface area contributed by atoms with Crippen LogP contribution in [0, 0.1) is 5.92 Å². The second kappa shape index (κ2) is 10.7. The molecule has 1 aromatic carbocycles. The van der Waals surface area contributed by atoms with Crippen molar-refractivity contribution in [2.45, 2.75) is 76.7 Å². The Morgan fingerprint density at radius 2 is 1.97 bits per heavy atom. The van der Waals surface area contributed by atoms with Crippen molar-refractivity contribution >= 4 is 11.8 Å². The maximum Gasteiger partial charge on any atom is 0.295 e. The molecule has 1 fully saturated rings. The highest BCUT2D eigenvalue weighted by atomic mass is 16.5. The average Bonchev–Trinajstić information content (AvgIpc) is 3.33. The van der Waals surface area contributed by atoms with Gasteiger partial charge in [-0.15, -0.1) is 0 Å². The van der Waals surface area contributed by atoms with Crippen LogP contribution in [-0.2, 0) is 17.8 Å². The number of benzene rings is 1. The maximum absolute atomic E-state index is 13.0. The summed E-state index contributed by atoms with van der Waals surface area (Å²) in [7, 11) is 0. The third-order valence-electron chi connectivity index (χ3n) is 6.85. The molecule has 1 saturated carbocycles. The average molecular weight is 441 g/mol. The van der Waals surface area contributed by atoms with Crippen LogP contribution in [0.4, 0.5) is 0 Å². The summed E-state index contributed by atoms with van der Waals surface area (Å²) in [5.74, 6) is -0.00716. The number of nitrogens with zero attached hydrogens (tertiary/aromatic N) is 3. The summed E-state index contributed by atoms with van der Waals surface area (Å²) in [5, 5.41) is 12.9. The molecule has 1 aromatic heterocycles. The minimum atomic E-state index is -0.494. The van der Waals surface area contributed by atoms with E-state index in [1.165, 1.54) is 37.7 Å². The summed E-state index contributed by atoms with van der Waals surface area (Å²) < 4.78 is 5.43. The van der Waals surface area contributed by atoms with E-state index in [1.54, 1.807) is 10.4 Å². The normalized spacial score (nSPS) is 17.6. The van der Waals surface area contributed by atoms with Crippen molar-refractivity contribution < 1.29 is 19.3 Å². The van der Waals surface area contributed by atoms with Gasteiger partial charge in [-0.2, -0.15) is 4.98 Å². The summed E-state index contributed by atoms with van der Waals surface area (Å²) in [5.41, 5.74) is 4.09. The summed E-state index contributed by atoms with van der Waals surface area (Å²) in [6, 6.07) is 8.11. The SMILES string of the molecule is O=C(C[C@@H](CCCC1CCCCC1)c1nc(C(=O)N2CCc3ccccc3C2)no1)NO. The Bertz CT molecular complexity index is 922. The standard InChI is InChI=1S/C24H32N4O4/c29-21(26-31)15-19(12-6-9-17-7-2-1-3-8-17)23-25-22(27-32-23)24(30)28-14-13-18-10-4-5-11-20(18)16-28/h4-5,10-11,17,19,31H,1-3,6-9,12-16H2,(H,26,29)/t19-/m1/s1. The van der Waals surface area contributed by atoms with Gasteiger partial charge in [-0.05, 0) is 29.9 Å². The van der Waals surface area contributed by atoms with Gasteiger partial charge >= 0.3 is 0 Å². The molecule has 8 heteroatoms. The van der Waals surface area contributed by atoms with E-state index in [4.69, 9.17) is 9.73 Å². The van der Waals surface area contributed by atoms with Gasteiger partial charge in [-0.25, -0.2) is 5.48 Å². The van der Waals surface area contributed by atoms with Gasteiger partial charge in [-0.1, -0.05) is 74.4 Å². The lowest BCUT2D eigenvalue weighted by Gasteiger charge is -2.27. The molecule has 1 aliphatic heterocycles. The number of hydrogen-bond acceptors (Lipinski definition) is 6. The Balaban J connectivity index is 1.39. The molecule has 4 rings (SSSR count). The van der Waals surface area contributed by atoms with Gasteiger partial charge in [0.15, 0.2) is 0 Å². The van der Waals surface area contributed by atoms with Crippen LogP contribution >= 0.6 is 0 Å². The summed E-state index contributed by atoms with van der Waals surface area (Å²) in [6.45, 7) is 1.13. The molecule has 32 heavy (non-hydrogen) atoms. The number of aromatic nitrogens is 2. The number of fused-ring (bicyclic) bond motifs is 1. The van der Waals surface area contributed by atoms with E-state index in [0.717, 1.165) is 30.7 Å². The number of nitrogens with one attached hydrogen (secondary N) is 1. The first-order valence-corrected chi connectivity index (χ1v) is 11.8. The van der Waals surface area contributed by atoms with Gasteiger partial charge in [-0.3, -0.25) is 14.8 Å². The van der Waals surface area contributed by atoms with Gasteiger partial charge in [0.1, 0.15) is 0 Å². The highest BCUT2D eigenvalue weighted by molar-refractivity contribution is 5.90. The predicted molar refractivity (Wildman–Crippen MR) is 117 cm³/mol. The highest BCUT2D eigenvalue weighted by Gasteiger charge is 2.28. The molecule has 0 bridgehead atoms. The minimum absolute atomic E-state index is 0.0288. The van der Waals surface area contributed by atoms with Gasteiger partial charge in [0, 0.05) is 25.4 Å². The van der Waals surface area contributed by atoms with Gasteiger partial charge in [0.25, 0.3) is 11.7 Å². The Labute approximate surface area is 188 Å². The van der Waals surface area contributed by atoms with E-state index in [0.29, 0.717) is 19.5 Å². The monoisotopic (exact) mass is 440 g/mol. The molecule has 8 nitrogen and oxygen atoms in total. The number of carbonyl (C=O) groups is 2. The summed E-state index contributed by atoms with van der Waals surface area (Å²) in [6.07, 6.45) is 10.1. The lowest BCUT2D eigenvalue weighted by atomic mass is 9.84. The maximum atomic E-state index is 13.0. The van der Waals surface area contributed by atoms with Crippen LogP contribution in [0.2, 0.25) is 0 Å². The lowest BCUT2D eigenvalue weighted by molar-refractivity contribution is -0.129. The van der Waals surface area contributed by atoms with Crippen LogP contribution < -0.4 is 5.48 Å². The van der Waals surface area contributed by atoms with Gasteiger partial charge in [0.2, 0.25) is 11.8 Å². The van der Waals surface area contributed by atoms with E-state index in [-0.39, 0.29) is 30.0 Å². The zero-order valence-corrected chi connectivity index (χ0v) is 18.5. The highest BCUT2D eigenvalue weighted by Crippen LogP contribution is 2.31. The first kappa shape index (κ1) is 22.5. The molecule has 2 heterocycles. The van der Waals surface area contributed by atoms with E-state index in [2.05, 4.69) is 16.2 Å². The molecule has 0 saturated heterocycles. The number of amides is 2. The summed E-state index contributed by atoms with van der Waals surface area (Å²) in [4.78, 5) is 30.9. The second-order valence-electron chi connectivity index (χ2n) is 9.07. The van der Waals surface area contributed by atoms with Crippen molar-refractivity contribution in [2.75, 3.05) is 6.54 Å². The Morgan fingerprint density at radius 3 is 2.75 bits per heavy atom. The Morgan fingerprint density at radius 1 is 1.19 bits per heavy atom. The van der Waals surface area contributed by atoms with Crippen LogP contribution in [0.5, 0.6) is 0 Å². The smallest absolute Gasteiger partial charge is 0.295 e. The third-order valence-corrected chi connectivity index (χ3v) is 6.85. The topological polar surface area (TPSA) is 109 Å². The molecular weight excluding hydrogens is 408 g/mol. The quantitative estimate of drug-likeness (QED) is 0.474. The van der Waals surface area contributed by atoms with Crippen molar-refractivity contribution in [1.29, 1.82) is 0 Å². The van der Waals surface area contributed by atoms with E-state index < -0.39 is 5.91 Å². The molecular formula is C24H32N4O4. The van der Waals surface area contributed by atoms with Crippen molar-refractivity contribution in [1.82, 2.24) is 20.5 Å². The molecule has 0 unspecified atom stereocenters. The Kier molecular flexibility index (Phi) is 7.52. The molecule has 0 radical (unpaired) electrons. The number of hydrogen-bond donors (Lipinski definition) is 2. The number of hydroxylamine groups is 1. The minimum Gasteiger partial charge on any atom is -0.338 e. The molecule has 2 amide bonds. The zero-order chi connectivity index (χ0) is 22.3. The zero-order valence-electron chi connectivity index (χ0n) is 18.5. The molecule has 0 spiro atoms. The summed E-state index contributed by atoms with van der Waals surface area (Å²) >= 11 is 0. The molecule has 1 atom stereocenters. The van der Waals surface area contributed by atoms with Crippen molar-refractivity contribution in [3.05, 3.63) is 47.1 Å². The first-order valence-electron chi connectivity index (χ1n) is 11.8. The van der Waals surface area contributed by atoms with Crippen molar-refractivity contribution in [3.63, 3.8) is 0 Å². The Hall–Kier alpha value is -2.74. The van der Waals surface area contributed by atoms with E-state index in [9.17, 15) is 9.59 Å². The molecule has 2 aromatic rings. The molecule has 2 N–H and O–H groups in total. The van der Waals surface area contributed by atoms with Gasteiger partial charge in [0.05, 0.1) is 0 Å². The van der Waals surface area contributed by atoms with Crippen LogP contribution in [-0.4, -0.2) is 38.6 Å². The van der Waals surface area contributed by atoms with Crippen molar-refractivity contribution in [2.24, 2.45) is 5.92 Å². The predicted octanol–water partition coefficient (Wildman–Crippen LogP) is 4.00. The number of rotatable bonds is 8. The van der Waals surface area contributed by atoms with Crippen molar-refractivity contribution in [3.8, 4) is 0 Å². The van der Waals surface area contributed by atoms with E-state index >= 15 is 0 Å². The third kappa shape index (κ3) is 5.54.